The summed E-state index contributed by atoms with van der Waals surface area (Å²) in [5.41, 5.74) is 1.63. The van der Waals surface area contributed by atoms with E-state index in [2.05, 4.69) is 10.1 Å². The summed E-state index contributed by atoms with van der Waals surface area (Å²) in [5.74, 6) is 1.29. The number of rotatable bonds is 5. The Kier molecular flexibility index (Phi) is 4.24. The smallest absolute Gasteiger partial charge is 0.270 e. The van der Waals surface area contributed by atoms with Gasteiger partial charge in [-0.1, -0.05) is 35.0 Å². The largest absolute Gasteiger partial charge is 0.481 e. The Hall–Kier alpha value is -3.22. The summed E-state index contributed by atoms with van der Waals surface area (Å²) in [4.78, 5) is 14.7. The average molecular weight is 325 g/mol. The SMILES string of the molecule is Cc1ccc(O[C@@H](C)c2nc(-c3cccc([N+](=O)[O-])c3)no2)cc1. The van der Waals surface area contributed by atoms with Crippen molar-refractivity contribution in [2.45, 2.75) is 20.0 Å². The molecule has 122 valence electrons. The molecule has 24 heavy (non-hydrogen) atoms. The van der Waals surface area contributed by atoms with Gasteiger partial charge < -0.3 is 9.26 Å². The highest BCUT2D eigenvalue weighted by Crippen LogP contribution is 2.25. The van der Waals surface area contributed by atoms with Crippen molar-refractivity contribution in [2.24, 2.45) is 0 Å². The van der Waals surface area contributed by atoms with E-state index in [1.807, 2.05) is 31.2 Å². The summed E-state index contributed by atoms with van der Waals surface area (Å²) in [6.07, 6.45) is -0.437. The summed E-state index contributed by atoms with van der Waals surface area (Å²) < 4.78 is 11.0. The number of non-ortho nitro benzene ring substituents is 1. The van der Waals surface area contributed by atoms with Gasteiger partial charge in [0.2, 0.25) is 5.82 Å². The zero-order valence-electron chi connectivity index (χ0n) is 13.2. The molecule has 1 atom stereocenters. The average Bonchev–Trinajstić information content (AvgIpc) is 3.07. The van der Waals surface area contributed by atoms with Crippen LogP contribution in [0.5, 0.6) is 5.75 Å². The van der Waals surface area contributed by atoms with Crippen molar-refractivity contribution in [3.63, 3.8) is 0 Å². The van der Waals surface area contributed by atoms with Crippen LogP contribution in [0.3, 0.4) is 0 Å². The fourth-order valence-electron chi connectivity index (χ4n) is 2.15. The lowest BCUT2D eigenvalue weighted by Crippen LogP contribution is -2.03. The quantitative estimate of drug-likeness (QED) is 0.518. The zero-order chi connectivity index (χ0) is 17.1. The van der Waals surface area contributed by atoms with Gasteiger partial charge >= 0.3 is 0 Å². The lowest BCUT2D eigenvalue weighted by molar-refractivity contribution is -0.384. The first-order valence-electron chi connectivity index (χ1n) is 7.34. The van der Waals surface area contributed by atoms with Crippen molar-refractivity contribution in [1.29, 1.82) is 0 Å². The molecular weight excluding hydrogens is 310 g/mol. The van der Waals surface area contributed by atoms with Crippen LogP contribution in [-0.4, -0.2) is 15.1 Å². The van der Waals surface area contributed by atoms with Crippen molar-refractivity contribution in [2.75, 3.05) is 0 Å². The molecule has 2 aromatic carbocycles. The standard InChI is InChI=1S/C17H15N3O4/c1-11-6-8-15(9-7-11)23-12(2)17-18-16(19-24-17)13-4-3-5-14(10-13)20(21)22/h3-10,12H,1-2H3/t12-/m0/s1. The van der Waals surface area contributed by atoms with Crippen LogP contribution in [0.2, 0.25) is 0 Å². The van der Waals surface area contributed by atoms with Gasteiger partial charge in [0.25, 0.3) is 11.6 Å². The van der Waals surface area contributed by atoms with Crippen molar-refractivity contribution >= 4 is 5.69 Å². The van der Waals surface area contributed by atoms with E-state index in [1.54, 1.807) is 19.1 Å². The Balaban J connectivity index is 1.78. The second-order valence-corrected chi connectivity index (χ2v) is 5.34. The molecule has 7 heteroatoms. The second-order valence-electron chi connectivity index (χ2n) is 5.34. The second kappa shape index (κ2) is 6.49. The molecule has 0 saturated heterocycles. The van der Waals surface area contributed by atoms with Gasteiger partial charge in [-0.15, -0.1) is 0 Å². The van der Waals surface area contributed by atoms with Gasteiger partial charge in [0.1, 0.15) is 5.75 Å². The molecular formula is C17H15N3O4. The molecule has 0 unspecified atom stereocenters. The summed E-state index contributed by atoms with van der Waals surface area (Å²) in [5, 5.41) is 14.7. The predicted octanol–water partition coefficient (Wildman–Crippen LogP) is 4.09. The van der Waals surface area contributed by atoms with Crippen LogP contribution in [0.25, 0.3) is 11.4 Å². The first-order chi connectivity index (χ1) is 11.5. The maximum atomic E-state index is 10.8. The third-order valence-corrected chi connectivity index (χ3v) is 3.44. The fraction of sp³-hybridized carbons (Fsp3) is 0.176. The molecule has 3 aromatic rings. The first-order valence-corrected chi connectivity index (χ1v) is 7.34. The maximum absolute atomic E-state index is 10.8. The third-order valence-electron chi connectivity index (χ3n) is 3.44. The molecule has 0 aliphatic rings. The highest BCUT2D eigenvalue weighted by Gasteiger charge is 2.18. The molecule has 0 bridgehead atoms. The van der Waals surface area contributed by atoms with Crippen molar-refractivity contribution in [3.05, 3.63) is 70.1 Å². The molecule has 1 aromatic heterocycles. The summed E-state index contributed by atoms with van der Waals surface area (Å²) in [6.45, 7) is 3.79. The van der Waals surface area contributed by atoms with Crippen molar-refractivity contribution in [3.8, 4) is 17.1 Å². The minimum atomic E-state index is -0.465. The van der Waals surface area contributed by atoms with Gasteiger partial charge in [-0.3, -0.25) is 10.1 Å². The number of aryl methyl sites for hydroxylation is 1. The van der Waals surface area contributed by atoms with Gasteiger partial charge in [-0.05, 0) is 26.0 Å². The molecule has 0 spiro atoms. The predicted molar refractivity (Wildman–Crippen MR) is 86.6 cm³/mol. The lowest BCUT2D eigenvalue weighted by atomic mass is 10.2. The van der Waals surface area contributed by atoms with Crippen LogP contribution in [0.4, 0.5) is 5.69 Å². The number of ether oxygens (including phenoxy) is 1. The van der Waals surface area contributed by atoms with E-state index in [9.17, 15) is 10.1 Å². The Labute approximate surface area is 138 Å². The number of nitro groups is 1. The Morgan fingerprint density at radius 2 is 1.96 bits per heavy atom. The normalized spacial score (nSPS) is 11.9. The summed E-state index contributed by atoms with van der Waals surface area (Å²) in [7, 11) is 0. The molecule has 1 heterocycles. The van der Waals surface area contributed by atoms with E-state index in [-0.39, 0.29) is 11.5 Å². The topological polar surface area (TPSA) is 91.3 Å². The maximum Gasteiger partial charge on any atom is 0.270 e. The summed E-state index contributed by atoms with van der Waals surface area (Å²) >= 11 is 0. The Morgan fingerprint density at radius 3 is 2.67 bits per heavy atom. The van der Waals surface area contributed by atoms with Crippen LogP contribution in [0, 0.1) is 17.0 Å². The monoisotopic (exact) mass is 325 g/mol. The molecule has 3 rings (SSSR count). The highest BCUT2D eigenvalue weighted by atomic mass is 16.6. The number of hydrogen-bond acceptors (Lipinski definition) is 6. The minimum absolute atomic E-state index is 0.0252. The van der Waals surface area contributed by atoms with Crippen LogP contribution in [0.15, 0.2) is 53.1 Å². The number of hydrogen-bond donors (Lipinski definition) is 0. The van der Waals surface area contributed by atoms with E-state index in [0.29, 0.717) is 17.2 Å². The van der Waals surface area contributed by atoms with Gasteiger partial charge in [0, 0.05) is 17.7 Å². The number of benzene rings is 2. The van der Waals surface area contributed by atoms with Gasteiger partial charge in [0.15, 0.2) is 6.10 Å². The molecule has 0 saturated carbocycles. The molecule has 0 N–H and O–H groups in total. The van der Waals surface area contributed by atoms with Crippen molar-refractivity contribution in [1.82, 2.24) is 10.1 Å². The minimum Gasteiger partial charge on any atom is -0.481 e. The van der Waals surface area contributed by atoms with Gasteiger partial charge in [-0.25, -0.2) is 0 Å². The van der Waals surface area contributed by atoms with Crippen molar-refractivity contribution < 1.29 is 14.2 Å². The molecule has 0 amide bonds. The molecule has 0 aliphatic heterocycles. The van der Waals surface area contributed by atoms with E-state index >= 15 is 0 Å². The van der Waals surface area contributed by atoms with Crippen LogP contribution >= 0.6 is 0 Å². The van der Waals surface area contributed by atoms with Gasteiger partial charge in [-0.2, -0.15) is 4.98 Å². The molecule has 7 nitrogen and oxygen atoms in total. The number of aromatic nitrogens is 2. The molecule has 0 aliphatic carbocycles. The Bertz CT molecular complexity index is 858. The van der Waals surface area contributed by atoms with Gasteiger partial charge in [0.05, 0.1) is 4.92 Å². The van der Waals surface area contributed by atoms with E-state index < -0.39 is 11.0 Å². The third kappa shape index (κ3) is 3.40. The lowest BCUT2D eigenvalue weighted by Gasteiger charge is -2.10. The molecule has 0 radical (unpaired) electrons. The molecule has 0 fully saturated rings. The fourth-order valence-corrected chi connectivity index (χ4v) is 2.15. The van der Waals surface area contributed by atoms with Crippen LogP contribution < -0.4 is 4.74 Å². The number of nitrogens with zero attached hydrogens (tertiary/aromatic N) is 3. The Morgan fingerprint density at radius 1 is 1.21 bits per heavy atom. The van der Waals surface area contributed by atoms with E-state index in [0.717, 1.165) is 5.56 Å². The van der Waals surface area contributed by atoms with E-state index in [4.69, 9.17) is 9.26 Å². The zero-order valence-corrected chi connectivity index (χ0v) is 13.2. The first kappa shape index (κ1) is 15.7. The summed E-state index contributed by atoms with van der Waals surface area (Å²) in [6, 6.07) is 13.7. The van der Waals surface area contributed by atoms with Crippen LogP contribution in [0.1, 0.15) is 24.5 Å². The number of nitro benzene ring substituents is 1. The highest BCUT2D eigenvalue weighted by molar-refractivity contribution is 5.58. The van der Waals surface area contributed by atoms with Crippen LogP contribution in [-0.2, 0) is 0 Å². The van der Waals surface area contributed by atoms with E-state index in [1.165, 1.54) is 12.1 Å².